The van der Waals surface area contributed by atoms with Crippen LogP contribution in [0.5, 0.6) is 5.75 Å². The highest BCUT2D eigenvalue weighted by Gasteiger charge is 2.34. The van der Waals surface area contributed by atoms with E-state index in [4.69, 9.17) is 4.74 Å². The van der Waals surface area contributed by atoms with E-state index in [1.807, 2.05) is 48.7 Å². The average molecular weight is 350 g/mol. The second-order valence-corrected chi connectivity index (χ2v) is 8.09. The maximum atomic E-state index is 12.1. The van der Waals surface area contributed by atoms with Gasteiger partial charge in [-0.3, -0.25) is 0 Å². The number of hydrogen-bond donors (Lipinski definition) is 0. The van der Waals surface area contributed by atoms with Gasteiger partial charge in [0.15, 0.2) is 0 Å². The number of hydrazone groups is 1. The highest BCUT2D eigenvalue weighted by Crippen LogP contribution is 2.36. The zero-order chi connectivity index (χ0) is 16.4. The van der Waals surface area contributed by atoms with Gasteiger partial charge in [0.25, 0.3) is 0 Å². The summed E-state index contributed by atoms with van der Waals surface area (Å²) in [5, 5.41) is 6.32. The smallest absolute Gasteiger partial charge is 0.247 e. The molecule has 1 aromatic carbocycles. The molecular formula is C16H18N2O3S2. The predicted molar refractivity (Wildman–Crippen MR) is 92.5 cm³/mol. The summed E-state index contributed by atoms with van der Waals surface area (Å²) in [5.41, 5.74) is 1.69. The van der Waals surface area contributed by atoms with Gasteiger partial charge >= 0.3 is 0 Å². The van der Waals surface area contributed by atoms with Crippen LogP contribution in [0.2, 0.25) is 0 Å². The standard InChI is InChI=1S/C16H18N2O3S2/c1-3-21-13-8-6-12(7-9-13)14-11-15(16-5-4-10-22-16)18(17-14)23(2,19)20/h4-10,15H,3,11H2,1-2H3/t15-/m1/s1. The molecule has 0 fully saturated rings. The fourth-order valence-electron chi connectivity index (χ4n) is 2.57. The Morgan fingerprint density at radius 3 is 2.61 bits per heavy atom. The third-order valence-corrected chi connectivity index (χ3v) is 5.57. The van der Waals surface area contributed by atoms with Gasteiger partial charge in [0, 0.05) is 11.3 Å². The van der Waals surface area contributed by atoms with Crippen molar-refractivity contribution in [2.45, 2.75) is 19.4 Å². The largest absolute Gasteiger partial charge is 0.494 e. The molecule has 1 aromatic heterocycles. The van der Waals surface area contributed by atoms with Gasteiger partial charge in [-0.05, 0) is 48.2 Å². The van der Waals surface area contributed by atoms with Crippen molar-refractivity contribution in [2.75, 3.05) is 12.9 Å². The number of benzene rings is 1. The molecule has 122 valence electrons. The fourth-order valence-corrected chi connectivity index (χ4v) is 4.35. The van der Waals surface area contributed by atoms with E-state index >= 15 is 0 Å². The monoisotopic (exact) mass is 350 g/mol. The van der Waals surface area contributed by atoms with Crippen molar-refractivity contribution in [1.29, 1.82) is 0 Å². The van der Waals surface area contributed by atoms with Crippen molar-refractivity contribution < 1.29 is 13.2 Å². The second-order valence-electron chi connectivity index (χ2n) is 5.27. The summed E-state index contributed by atoms with van der Waals surface area (Å²) in [6.45, 7) is 2.55. The van der Waals surface area contributed by atoms with E-state index < -0.39 is 10.0 Å². The van der Waals surface area contributed by atoms with Crippen molar-refractivity contribution >= 4 is 27.1 Å². The van der Waals surface area contributed by atoms with Crippen molar-refractivity contribution in [3.05, 3.63) is 52.2 Å². The number of thiophene rings is 1. The van der Waals surface area contributed by atoms with E-state index in [2.05, 4.69) is 5.10 Å². The molecule has 0 unspecified atom stereocenters. The Morgan fingerprint density at radius 2 is 2.04 bits per heavy atom. The predicted octanol–water partition coefficient (Wildman–Crippen LogP) is 3.26. The molecule has 3 rings (SSSR count). The van der Waals surface area contributed by atoms with Gasteiger partial charge in [0.05, 0.1) is 18.6 Å². The van der Waals surface area contributed by atoms with Gasteiger partial charge in [-0.25, -0.2) is 8.42 Å². The molecular weight excluding hydrogens is 332 g/mol. The van der Waals surface area contributed by atoms with Crippen molar-refractivity contribution in [1.82, 2.24) is 4.41 Å². The summed E-state index contributed by atoms with van der Waals surface area (Å²) >= 11 is 1.55. The molecule has 0 spiro atoms. The van der Waals surface area contributed by atoms with E-state index in [1.54, 1.807) is 11.3 Å². The maximum absolute atomic E-state index is 12.1. The molecule has 5 nitrogen and oxygen atoms in total. The van der Waals surface area contributed by atoms with Crippen LogP contribution in [0.1, 0.15) is 29.8 Å². The molecule has 0 aliphatic carbocycles. The summed E-state index contributed by atoms with van der Waals surface area (Å²) in [6.07, 6.45) is 1.76. The Kier molecular flexibility index (Phi) is 4.41. The van der Waals surface area contributed by atoms with Crippen LogP contribution in [0.3, 0.4) is 0 Å². The van der Waals surface area contributed by atoms with Gasteiger partial charge < -0.3 is 4.74 Å². The first-order valence-electron chi connectivity index (χ1n) is 7.32. The third-order valence-electron chi connectivity index (χ3n) is 3.58. The summed E-state index contributed by atoms with van der Waals surface area (Å²) < 4.78 is 30.8. The zero-order valence-corrected chi connectivity index (χ0v) is 14.6. The van der Waals surface area contributed by atoms with Crippen LogP contribution in [0.15, 0.2) is 46.9 Å². The van der Waals surface area contributed by atoms with E-state index in [0.717, 1.165) is 21.9 Å². The Hall–Kier alpha value is -1.86. The Bertz CT molecular complexity index is 796. The first-order chi connectivity index (χ1) is 11.0. The SMILES string of the molecule is CCOc1ccc(C2=NN(S(C)(=O)=O)[C@@H](c3cccs3)C2)cc1. The van der Waals surface area contributed by atoms with E-state index in [1.165, 1.54) is 10.7 Å². The number of sulfonamides is 1. The highest BCUT2D eigenvalue weighted by atomic mass is 32.2. The van der Waals surface area contributed by atoms with Crippen LogP contribution in [0.4, 0.5) is 0 Å². The molecule has 1 aliphatic heterocycles. The summed E-state index contributed by atoms with van der Waals surface area (Å²) in [5.74, 6) is 0.796. The average Bonchev–Trinajstić information content (AvgIpc) is 3.17. The molecule has 0 saturated carbocycles. The lowest BCUT2D eigenvalue weighted by atomic mass is 10.0. The van der Waals surface area contributed by atoms with Gasteiger partial charge in [-0.1, -0.05) is 6.07 Å². The van der Waals surface area contributed by atoms with Crippen LogP contribution in [-0.2, 0) is 10.0 Å². The zero-order valence-electron chi connectivity index (χ0n) is 13.0. The summed E-state index contributed by atoms with van der Waals surface area (Å²) in [4.78, 5) is 1.00. The minimum atomic E-state index is -3.41. The highest BCUT2D eigenvalue weighted by molar-refractivity contribution is 7.88. The summed E-state index contributed by atoms with van der Waals surface area (Å²) in [7, 11) is -3.41. The van der Waals surface area contributed by atoms with Crippen molar-refractivity contribution in [2.24, 2.45) is 5.10 Å². The van der Waals surface area contributed by atoms with Crippen molar-refractivity contribution in [3.63, 3.8) is 0 Å². The molecule has 0 N–H and O–H groups in total. The molecule has 0 saturated heterocycles. The van der Waals surface area contributed by atoms with Gasteiger partial charge in [0.1, 0.15) is 11.8 Å². The van der Waals surface area contributed by atoms with E-state index in [9.17, 15) is 8.42 Å². The molecule has 7 heteroatoms. The molecule has 0 bridgehead atoms. The molecule has 1 atom stereocenters. The van der Waals surface area contributed by atoms with Crippen LogP contribution in [0, 0.1) is 0 Å². The fraction of sp³-hybridized carbons (Fsp3) is 0.312. The third kappa shape index (κ3) is 3.40. The number of ether oxygens (including phenoxy) is 1. The number of nitrogens with zero attached hydrogens (tertiary/aromatic N) is 2. The van der Waals surface area contributed by atoms with E-state index in [0.29, 0.717) is 13.0 Å². The van der Waals surface area contributed by atoms with Crippen LogP contribution >= 0.6 is 11.3 Å². The Morgan fingerprint density at radius 1 is 1.30 bits per heavy atom. The lowest BCUT2D eigenvalue weighted by Crippen LogP contribution is -2.25. The number of hydrogen-bond acceptors (Lipinski definition) is 5. The Balaban J connectivity index is 1.91. The summed E-state index contributed by atoms with van der Waals surface area (Å²) in [6, 6.07) is 11.2. The maximum Gasteiger partial charge on any atom is 0.247 e. The first-order valence-corrected chi connectivity index (χ1v) is 10.1. The Labute approximate surface area is 140 Å². The number of rotatable bonds is 5. The molecule has 0 radical (unpaired) electrons. The van der Waals surface area contributed by atoms with Crippen LogP contribution < -0.4 is 4.74 Å². The minimum absolute atomic E-state index is 0.258. The topological polar surface area (TPSA) is 59.0 Å². The second kappa shape index (κ2) is 6.33. The minimum Gasteiger partial charge on any atom is -0.494 e. The molecule has 0 amide bonds. The molecule has 23 heavy (non-hydrogen) atoms. The van der Waals surface area contributed by atoms with Gasteiger partial charge in [-0.2, -0.15) is 9.52 Å². The lowest BCUT2D eigenvalue weighted by molar-refractivity contribution is 0.340. The van der Waals surface area contributed by atoms with Gasteiger partial charge in [-0.15, -0.1) is 11.3 Å². The lowest BCUT2D eigenvalue weighted by Gasteiger charge is -2.19. The van der Waals surface area contributed by atoms with Crippen LogP contribution in [0.25, 0.3) is 0 Å². The molecule has 1 aliphatic rings. The molecule has 2 aromatic rings. The first kappa shape index (κ1) is 16.0. The quantitative estimate of drug-likeness (QED) is 0.832. The van der Waals surface area contributed by atoms with Gasteiger partial charge in [0.2, 0.25) is 10.0 Å². The van der Waals surface area contributed by atoms with Crippen molar-refractivity contribution in [3.8, 4) is 5.75 Å². The normalized spacial score (nSPS) is 18.1. The van der Waals surface area contributed by atoms with E-state index in [-0.39, 0.29) is 6.04 Å². The molecule has 2 heterocycles. The van der Waals surface area contributed by atoms with Crippen LogP contribution in [-0.4, -0.2) is 31.4 Å².